The van der Waals surface area contributed by atoms with E-state index in [1.165, 1.54) is 9.44 Å². The van der Waals surface area contributed by atoms with Crippen LogP contribution in [0, 0.1) is 0 Å². The van der Waals surface area contributed by atoms with Gasteiger partial charge in [-0.3, -0.25) is 9.36 Å². The van der Waals surface area contributed by atoms with Crippen LogP contribution in [0.5, 0.6) is 5.75 Å². The van der Waals surface area contributed by atoms with Crippen molar-refractivity contribution in [2.24, 2.45) is 0 Å². The predicted octanol–water partition coefficient (Wildman–Crippen LogP) is 3.52. The Morgan fingerprint density at radius 3 is 2.96 bits per heavy atom. The zero-order chi connectivity index (χ0) is 17.4. The van der Waals surface area contributed by atoms with Crippen molar-refractivity contribution in [2.45, 2.75) is 32.2 Å². The Hall–Kier alpha value is -2.21. The zero-order valence-electron chi connectivity index (χ0n) is 14.0. The lowest BCUT2D eigenvalue weighted by Gasteiger charge is -2.13. The average molecular weight is 358 g/mol. The Bertz CT molecular complexity index is 993. The molecule has 2 heterocycles. The van der Waals surface area contributed by atoms with E-state index in [0.29, 0.717) is 17.6 Å². The number of aryl methyl sites for hydroxylation is 2. The number of alkyl halides is 1. The van der Waals surface area contributed by atoms with Crippen LogP contribution in [0.2, 0.25) is 0 Å². The zero-order valence-corrected chi connectivity index (χ0v) is 14.9. The summed E-state index contributed by atoms with van der Waals surface area (Å²) in [6.07, 6.45) is 3.47. The van der Waals surface area contributed by atoms with Gasteiger partial charge in [0.05, 0.1) is 19.0 Å². The van der Waals surface area contributed by atoms with E-state index in [0.717, 1.165) is 41.0 Å². The van der Waals surface area contributed by atoms with Crippen LogP contribution in [0.15, 0.2) is 29.1 Å². The maximum atomic E-state index is 13.1. The van der Waals surface area contributed by atoms with Crippen LogP contribution in [0.3, 0.4) is 0 Å². The minimum absolute atomic E-state index is 0.0386. The van der Waals surface area contributed by atoms with Crippen LogP contribution in [0.1, 0.15) is 28.2 Å². The molecule has 0 spiro atoms. The van der Waals surface area contributed by atoms with E-state index in [2.05, 4.69) is 0 Å². The smallest absolute Gasteiger partial charge is 0.262 e. The highest BCUT2D eigenvalue weighted by Crippen LogP contribution is 2.35. The molecule has 0 unspecified atom stereocenters. The highest BCUT2D eigenvalue weighted by Gasteiger charge is 2.23. The fourth-order valence-corrected chi connectivity index (χ4v) is 4.86. The summed E-state index contributed by atoms with van der Waals surface area (Å²) in [5.41, 5.74) is 1.97. The molecule has 0 aliphatic heterocycles. The summed E-state index contributed by atoms with van der Waals surface area (Å²) in [4.78, 5) is 19.8. The summed E-state index contributed by atoms with van der Waals surface area (Å²) >= 11 is 1.61. The SMILES string of the molecule is COc1ccccc1Cc1nc2sc3c(c2c(=O)n1CCF)CCC3. The molecule has 0 saturated heterocycles. The number of halogens is 1. The fourth-order valence-electron chi connectivity index (χ4n) is 3.59. The van der Waals surface area contributed by atoms with E-state index in [9.17, 15) is 9.18 Å². The lowest BCUT2D eigenvalue weighted by Crippen LogP contribution is -2.26. The van der Waals surface area contributed by atoms with Crippen molar-refractivity contribution in [1.29, 1.82) is 0 Å². The molecule has 1 aliphatic carbocycles. The van der Waals surface area contributed by atoms with Gasteiger partial charge in [-0.25, -0.2) is 9.37 Å². The molecular weight excluding hydrogens is 339 g/mol. The molecule has 4 rings (SSSR count). The highest BCUT2D eigenvalue weighted by atomic mass is 32.1. The quantitative estimate of drug-likeness (QED) is 0.701. The van der Waals surface area contributed by atoms with Crippen LogP contribution in [-0.2, 0) is 25.8 Å². The van der Waals surface area contributed by atoms with Gasteiger partial charge in [-0.2, -0.15) is 0 Å². The topological polar surface area (TPSA) is 44.1 Å². The molecule has 0 fully saturated rings. The first-order valence-electron chi connectivity index (χ1n) is 8.44. The molecule has 0 saturated carbocycles. The van der Waals surface area contributed by atoms with E-state index < -0.39 is 6.67 Å². The third kappa shape index (κ3) is 2.74. The fraction of sp³-hybridized carbons (Fsp3) is 0.368. The molecular formula is C19H19FN2O2S. The largest absolute Gasteiger partial charge is 0.496 e. The van der Waals surface area contributed by atoms with Gasteiger partial charge >= 0.3 is 0 Å². The van der Waals surface area contributed by atoms with Gasteiger partial charge in [0.15, 0.2) is 0 Å². The predicted molar refractivity (Wildman–Crippen MR) is 97.7 cm³/mol. The molecule has 130 valence electrons. The first kappa shape index (κ1) is 16.3. The van der Waals surface area contributed by atoms with E-state index in [4.69, 9.17) is 9.72 Å². The third-order valence-electron chi connectivity index (χ3n) is 4.75. The molecule has 25 heavy (non-hydrogen) atoms. The van der Waals surface area contributed by atoms with Crippen molar-refractivity contribution in [3.63, 3.8) is 0 Å². The molecule has 1 aliphatic rings. The van der Waals surface area contributed by atoms with Gasteiger partial charge in [0, 0.05) is 16.9 Å². The van der Waals surface area contributed by atoms with E-state index in [1.54, 1.807) is 18.4 Å². The first-order valence-corrected chi connectivity index (χ1v) is 9.26. The molecule has 2 aromatic heterocycles. The second kappa shape index (κ2) is 6.59. The van der Waals surface area contributed by atoms with Crippen molar-refractivity contribution >= 4 is 21.6 Å². The maximum absolute atomic E-state index is 13.1. The van der Waals surface area contributed by atoms with E-state index in [1.807, 2.05) is 24.3 Å². The molecule has 3 aromatic rings. The van der Waals surface area contributed by atoms with Crippen molar-refractivity contribution < 1.29 is 9.13 Å². The molecule has 4 nitrogen and oxygen atoms in total. The van der Waals surface area contributed by atoms with Gasteiger partial charge in [0.2, 0.25) is 0 Å². The average Bonchev–Trinajstić information content (AvgIpc) is 3.19. The van der Waals surface area contributed by atoms with Gasteiger partial charge in [-0.05, 0) is 30.9 Å². The third-order valence-corrected chi connectivity index (χ3v) is 5.94. The lowest BCUT2D eigenvalue weighted by atomic mass is 10.1. The summed E-state index contributed by atoms with van der Waals surface area (Å²) < 4.78 is 20.0. The number of para-hydroxylation sites is 1. The Kier molecular flexibility index (Phi) is 4.29. The Balaban J connectivity index is 1.88. The number of methoxy groups -OCH3 is 1. The molecule has 0 radical (unpaired) electrons. The summed E-state index contributed by atoms with van der Waals surface area (Å²) in [5.74, 6) is 1.34. The van der Waals surface area contributed by atoms with Gasteiger partial charge in [-0.1, -0.05) is 18.2 Å². The summed E-state index contributed by atoms with van der Waals surface area (Å²) in [6, 6.07) is 7.65. The van der Waals surface area contributed by atoms with Crippen molar-refractivity contribution in [3.8, 4) is 5.75 Å². The molecule has 0 amide bonds. The van der Waals surface area contributed by atoms with Gasteiger partial charge < -0.3 is 4.74 Å². The number of rotatable bonds is 5. The van der Waals surface area contributed by atoms with Crippen molar-refractivity contribution in [1.82, 2.24) is 9.55 Å². The van der Waals surface area contributed by atoms with Crippen molar-refractivity contribution in [2.75, 3.05) is 13.8 Å². The number of nitrogens with zero attached hydrogens (tertiary/aromatic N) is 2. The highest BCUT2D eigenvalue weighted by molar-refractivity contribution is 7.18. The normalized spacial score (nSPS) is 13.4. The second-order valence-electron chi connectivity index (χ2n) is 6.20. The van der Waals surface area contributed by atoms with Crippen LogP contribution in [0.4, 0.5) is 4.39 Å². The van der Waals surface area contributed by atoms with Crippen molar-refractivity contribution in [3.05, 3.63) is 56.4 Å². The van der Waals surface area contributed by atoms with E-state index >= 15 is 0 Å². The number of benzene rings is 1. The number of thiophene rings is 1. The second-order valence-corrected chi connectivity index (χ2v) is 7.28. The number of hydrogen-bond donors (Lipinski definition) is 0. The lowest BCUT2D eigenvalue weighted by molar-refractivity contribution is 0.408. The molecule has 0 atom stereocenters. The number of aromatic nitrogens is 2. The monoisotopic (exact) mass is 358 g/mol. The molecule has 0 bridgehead atoms. The van der Waals surface area contributed by atoms with Crippen LogP contribution >= 0.6 is 11.3 Å². The first-order chi connectivity index (χ1) is 12.2. The molecule has 6 heteroatoms. The van der Waals surface area contributed by atoms with Gasteiger partial charge in [-0.15, -0.1) is 11.3 Å². The number of ether oxygens (including phenoxy) is 1. The molecule has 1 aromatic carbocycles. The standard InChI is InChI=1S/C19H19FN2O2S/c1-24-14-7-3-2-5-12(14)11-16-21-18-17(19(23)22(16)10-9-20)13-6-4-8-15(13)25-18/h2-3,5,7H,4,6,8-11H2,1H3. The Morgan fingerprint density at radius 2 is 2.16 bits per heavy atom. The van der Waals surface area contributed by atoms with Gasteiger partial charge in [0.25, 0.3) is 5.56 Å². The number of hydrogen-bond acceptors (Lipinski definition) is 4. The Morgan fingerprint density at radius 1 is 1.32 bits per heavy atom. The van der Waals surface area contributed by atoms with Crippen LogP contribution < -0.4 is 10.3 Å². The minimum atomic E-state index is -0.585. The Labute approximate surface area is 148 Å². The summed E-state index contributed by atoms with van der Waals surface area (Å²) in [5, 5.41) is 0.703. The minimum Gasteiger partial charge on any atom is -0.496 e. The van der Waals surface area contributed by atoms with Gasteiger partial charge in [0.1, 0.15) is 23.1 Å². The number of fused-ring (bicyclic) bond motifs is 3. The summed E-state index contributed by atoms with van der Waals surface area (Å²) in [6.45, 7) is -0.546. The summed E-state index contributed by atoms with van der Waals surface area (Å²) in [7, 11) is 1.62. The van der Waals surface area contributed by atoms with Crippen LogP contribution in [0.25, 0.3) is 10.2 Å². The van der Waals surface area contributed by atoms with E-state index in [-0.39, 0.29) is 12.1 Å². The maximum Gasteiger partial charge on any atom is 0.262 e. The van der Waals surface area contributed by atoms with Crippen LogP contribution in [-0.4, -0.2) is 23.3 Å². The molecule has 0 N–H and O–H groups in total.